The summed E-state index contributed by atoms with van der Waals surface area (Å²) >= 11 is 0. The van der Waals surface area contributed by atoms with Gasteiger partial charge in [0.2, 0.25) is 0 Å². The van der Waals surface area contributed by atoms with Crippen LogP contribution in [0.25, 0.3) is 0 Å². The smallest absolute Gasteiger partial charge is 0.330 e. The fourth-order valence-corrected chi connectivity index (χ4v) is 4.78. The van der Waals surface area contributed by atoms with Crippen molar-refractivity contribution in [3.63, 3.8) is 0 Å². The van der Waals surface area contributed by atoms with Gasteiger partial charge in [-0.25, -0.2) is 4.79 Å². The summed E-state index contributed by atoms with van der Waals surface area (Å²) < 4.78 is 18.3. The van der Waals surface area contributed by atoms with Crippen LogP contribution in [0.3, 0.4) is 0 Å². The number of hydrogen-bond acceptors (Lipinski definition) is 5. The zero-order valence-electron chi connectivity index (χ0n) is 20.9. The van der Waals surface area contributed by atoms with E-state index in [4.69, 9.17) is 14.2 Å². The summed E-state index contributed by atoms with van der Waals surface area (Å²) in [6.45, 7) is 3.79. The Bertz CT molecular complexity index is 1030. The highest BCUT2D eigenvalue weighted by Gasteiger charge is 2.39. The van der Waals surface area contributed by atoms with Crippen molar-refractivity contribution >= 4 is 5.97 Å². The standard InChI is InChI=1S/C31H34O5/c1-23(2)35-30(33)20-24-18-28(21-32)36-29(19-24)22-34-31(25-12-6-3-7-13-25,26-14-8-4-9-15-26)27-16-10-5-11-17-27/h3-17,20,23,28-29,32H,18-19,21-22H2,1-2H3/b24-20+/t28-,29+/m1/s1. The minimum absolute atomic E-state index is 0.131. The largest absolute Gasteiger partial charge is 0.460 e. The molecular formula is C31H34O5. The van der Waals surface area contributed by atoms with E-state index in [1.54, 1.807) is 0 Å². The van der Waals surface area contributed by atoms with E-state index in [1.165, 1.54) is 6.08 Å². The number of carbonyl (C=O) groups is 1. The number of benzene rings is 3. The van der Waals surface area contributed by atoms with Gasteiger partial charge < -0.3 is 19.3 Å². The van der Waals surface area contributed by atoms with Crippen molar-refractivity contribution in [1.82, 2.24) is 0 Å². The van der Waals surface area contributed by atoms with Crippen LogP contribution in [0.4, 0.5) is 0 Å². The fraction of sp³-hybridized carbons (Fsp3) is 0.323. The van der Waals surface area contributed by atoms with Crippen LogP contribution in [0.2, 0.25) is 0 Å². The van der Waals surface area contributed by atoms with Gasteiger partial charge in [0.1, 0.15) is 5.60 Å². The van der Waals surface area contributed by atoms with Gasteiger partial charge in [0.25, 0.3) is 0 Å². The molecule has 36 heavy (non-hydrogen) atoms. The highest BCUT2D eigenvalue weighted by Crippen LogP contribution is 2.41. The van der Waals surface area contributed by atoms with Crippen LogP contribution >= 0.6 is 0 Å². The van der Waals surface area contributed by atoms with Crippen LogP contribution in [0, 0.1) is 0 Å². The SMILES string of the molecule is CC(C)OC(=O)/C=C1/C[C@@H](COC(c2ccccc2)(c2ccccc2)c2ccccc2)O[C@@H](CO)C1. The highest BCUT2D eigenvalue weighted by molar-refractivity contribution is 5.83. The summed E-state index contributed by atoms with van der Waals surface area (Å²) in [5, 5.41) is 9.86. The third-order valence-electron chi connectivity index (χ3n) is 6.27. The minimum Gasteiger partial charge on any atom is -0.460 e. The highest BCUT2D eigenvalue weighted by atomic mass is 16.6. The quantitative estimate of drug-likeness (QED) is 0.249. The van der Waals surface area contributed by atoms with Crippen LogP contribution in [-0.4, -0.2) is 42.6 Å². The molecule has 3 aromatic carbocycles. The van der Waals surface area contributed by atoms with Gasteiger partial charge >= 0.3 is 5.97 Å². The van der Waals surface area contributed by atoms with Crippen molar-refractivity contribution in [2.24, 2.45) is 0 Å². The summed E-state index contributed by atoms with van der Waals surface area (Å²) in [6.07, 6.45) is 1.64. The third-order valence-corrected chi connectivity index (χ3v) is 6.27. The number of carbonyl (C=O) groups excluding carboxylic acids is 1. The lowest BCUT2D eigenvalue weighted by Crippen LogP contribution is -2.39. The van der Waals surface area contributed by atoms with Crippen LogP contribution in [0.15, 0.2) is 103 Å². The maximum absolute atomic E-state index is 12.3. The lowest BCUT2D eigenvalue weighted by Gasteiger charge is -2.38. The molecule has 0 aromatic heterocycles. The van der Waals surface area contributed by atoms with Gasteiger partial charge in [-0.05, 0) is 43.4 Å². The Kier molecular flexibility index (Phi) is 8.70. The van der Waals surface area contributed by atoms with Gasteiger partial charge in [0, 0.05) is 6.08 Å². The average molecular weight is 487 g/mol. The predicted molar refractivity (Wildman–Crippen MR) is 139 cm³/mol. The Balaban J connectivity index is 1.68. The Labute approximate surface area is 213 Å². The van der Waals surface area contributed by atoms with Crippen molar-refractivity contribution in [1.29, 1.82) is 0 Å². The molecule has 1 saturated heterocycles. The van der Waals surface area contributed by atoms with Crippen molar-refractivity contribution in [2.75, 3.05) is 13.2 Å². The molecule has 0 amide bonds. The van der Waals surface area contributed by atoms with Gasteiger partial charge in [-0.15, -0.1) is 0 Å². The number of hydrogen-bond donors (Lipinski definition) is 1. The topological polar surface area (TPSA) is 65.0 Å². The number of ether oxygens (including phenoxy) is 3. The zero-order valence-corrected chi connectivity index (χ0v) is 20.9. The van der Waals surface area contributed by atoms with Crippen LogP contribution in [0.1, 0.15) is 43.4 Å². The molecule has 0 saturated carbocycles. The summed E-state index contributed by atoms with van der Waals surface area (Å²) in [7, 11) is 0. The average Bonchev–Trinajstić information content (AvgIpc) is 2.90. The molecule has 0 unspecified atom stereocenters. The number of rotatable bonds is 9. The monoisotopic (exact) mass is 486 g/mol. The first-order chi connectivity index (χ1) is 17.5. The second-order valence-electron chi connectivity index (χ2n) is 9.35. The molecule has 0 bridgehead atoms. The Morgan fingerprint density at radius 2 is 1.36 bits per heavy atom. The van der Waals surface area contributed by atoms with Gasteiger partial charge in [0.15, 0.2) is 0 Å². The van der Waals surface area contributed by atoms with Gasteiger partial charge in [-0.1, -0.05) is 96.6 Å². The maximum atomic E-state index is 12.3. The van der Waals surface area contributed by atoms with E-state index >= 15 is 0 Å². The van der Waals surface area contributed by atoms with Crippen molar-refractivity contribution in [2.45, 2.75) is 50.6 Å². The molecule has 0 aliphatic carbocycles. The Morgan fingerprint density at radius 3 is 1.81 bits per heavy atom. The van der Waals surface area contributed by atoms with Gasteiger partial charge in [0.05, 0.1) is 31.5 Å². The second kappa shape index (κ2) is 12.1. The van der Waals surface area contributed by atoms with E-state index in [1.807, 2.05) is 68.4 Å². The lowest BCUT2D eigenvalue weighted by atomic mass is 9.80. The first kappa shape index (κ1) is 25.8. The number of aliphatic hydroxyl groups excluding tert-OH is 1. The van der Waals surface area contributed by atoms with E-state index in [2.05, 4.69) is 36.4 Å². The molecule has 1 fully saturated rings. The lowest BCUT2D eigenvalue weighted by molar-refractivity contribution is -0.141. The molecule has 1 N–H and O–H groups in total. The van der Waals surface area contributed by atoms with E-state index < -0.39 is 11.7 Å². The maximum Gasteiger partial charge on any atom is 0.330 e. The molecule has 1 aliphatic heterocycles. The molecule has 3 aromatic rings. The van der Waals surface area contributed by atoms with Crippen molar-refractivity contribution < 1.29 is 24.1 Å². The van der Waals surface area contributed by atoms with Crippen LogP contribution in [-0.2, 0) is 24.6 Å². The summed E-state index contributed by atoms with van der Waals surface area (Å²) in [5.74, 6) is -0.370. The zero-order chi connectivity index (χ0) is 25.4. The van der Waals surface area contributed by atoms with E-state index in [0.717, 1.165) is 22.3 Å². The fourth-order valence-electron chi connectivity index (χ4n) is 4.78. The molecule has 5 heteroatoms. The molecule has 0 radical (unpaired) electrons. The normalized spacial score (nSPS) is 19.4. The molecule has 4 rings (SSSR count). The first-order valence-corrected chi connectivity index (χ1v) is 12.5. The van der Waals surface area contributed by atoms with E-state index in [-0.39, 0.29) is 31.4 Å². The van der Waals surface area contributed by atoms with Crippen LogP contribution < -0.4 is 0 Å². The molecule has 5 nitrogen and oxygen atoms in total. The number of esters is 1. The third kappa shape index (κ3) is 6.11. The van der Waals surface area contributed by atoms with Crippen molar-refractivity contribution in [3.8, 4) is 0 Å². The first-order valence-electron chi connectivity index (χ1n) is 12.5. The van der Waals surface area contributed by atoms with E-state index in [9.17, 15) is 9.90 Å². The Hall–Kier alpha value is -3.25. The molecule has 1 heterocycles. The van der Waals surface area contributed by atoms with Gasteiger partial charge in [-0.2, -0.15) is 0 Å². The molecule has 0 spiro atoms. The molecular weight excluding hydrogens is 452 g/mol. The Morgan fingerprint density at radius 1 is 0.889 bits per heavy atom. The predicted octanol–water partition coefficient (Wildman–Crippen LogP) is 5.41. The molecule has 188 valence electrons. The van der Waals surface area contributed by atoms with Crippen molar-refractivity contribution in [3.05, 3.63) is 119 Å². The second-order valence-corrected chi connectivity index (χ2v) is 9.35. The molecule has 1 aliphatic rings. The summed E-state index contributed by atoms with van der Waals surface area (Å²) in [6, 6.07) is 30.5. The van der Waals surface area contributed by atoms with E-state index in [0.29, 0.717) is 12.8 Å². The molecule has 2 atom stereocenters. The number of aliphatic hydroxyl groups is 1. The minimum atomic E-state index is -0.861. The summed E-state index contributed by atoms with van der Waals surface area (Å²) in [5.41, 5.74) is 3.05. The van der Waals surface area contributed by atoms with Crippen LogP contribution in [0.5, 0.6) is 0 Å². The summed E-state index contributed by atoms with van der Waals surface area (Å²) in [4.78, 5) is 12.3. The van der Waals surface area contributed by atoms with Gasteiger partial charge in [-0.3, -0.25) is 0 Å².